The molecule has 3 nitrogen and oxygen atoms in total. The molecule has 0 aromatic heterocycles. The van der Waals surface area contributed by atoms with Gasteiger partial charge in [0.15, 0.2) is 6.10 Å². The Balaban J connectivity index is 4.08. The fourth-order valence-corrected chi connectivity index (χ4v) is 1.60. The standard InChI is InChI=1S/C16H25NO2/c1-3-5-6-7-8-9-12-15(13-10-14-17)19-16(18)11-4-2/h15H,3-8,10-11,13H2,1-2H3. The minimum Gasteiger partial charge on any atom is -0.449 e. The summed E-state index contributed by atoms with van der Waals surface area (Å²) < 4.78 is 5.26. The smallest absolute Gasteiger partial charge is 0.307 e. The van der Waals surface area contributed by atoms with Gasteiger partial charge in [0.1, 0.15) is 0 Å². The summed E-state index contributed by atoms with van der Waals surface area (Å²) in [7, 11) is 0. The number of hydrogen-bond donors (Lipinski definition) is 0. The topological polar surface area (TPSA) is 50.1 Å². The van der Waals surface area contributed by atoms with Gasteiger partial charge in [0.25, 0.3) is 0 Å². The normalized spacial score (nSPS) is 11.0. The second kappa shape index (κ2) is 13.0. The minimum absolute atomic E-state index is 0.217. The van der Waals surface area contributed by atoms with Crippen LogP contribution in [0.15, 0.2) is 0 Å². The quantitative estimate of drug-likeness (QED) is 0.359. The maximum atomic E-state index is 11.4. The number of hydrogen-bond acceptors (Lipinski definition) is 3. The summed E-state index contributed by atoms with van der Waals surface area (Å²) in [5.74, 6) is 5.82. The van der Waals surface area contributed by atoms with Crippen LogP contribution in [0.3, 0.4) is 0 Å². The van der Waals surface area contributed by atoms with Crippen molar-refractivity contribution in [3.05, 3.63) is 0 Å². The lowest BCUT2D eigenvalue weighted by molar-refractivity contribution is -0.146. The van der Waals surface area contributed by atoms with Gasteiger partial charge in [-0.2, -0.15) is 5.26 Å². The summed E-state index contributed by atoms with van der Waals surface area (Å²) in [6.07, 6.45) is 7.24. The summed E-state index contributed by atoms with van der Waals surface area (Å²) >= 11 is 0. The monoisotopic (exact) mass is 263 g/mol. The second-order valence-electron chi connectivity index (χ2n) is 4.56. The van der Waals surface area contributed by atoms with Gasteiger partial charge in [-0.25, -0.2) is 0 Å². The van der Waals surface area contributed by atoms with Crippen molar-refractivity contribution in [2.24, 2.45) is 0 Å². The van der Waals surface area contributed by atoms with Gasteiger partial charge in [-0.05, 0) is 12.8 Å². The molecule has 0 radical (unpaired) electrons. The zero-order valence-electron chi connectivity index (χ0n) is 12.2. The van der Waals surface area contributed by atoms with Gasteiger partial charge < -0.3 is 4.74 Å². The van der Waals surface area contributed by atoms with Crippen LogP contribution in [0, 0.1) is 23.2 Å². The first-order valence-electron chi connectivity index (χ1n) is 7.29. The fraction of sp³-hybridized carbons (Fsp3) is 0.750. The highest BCUT2D eigenvalue weighted by Gasteiger charge is 2.10. The molecule has 0 fully saturated rings. The van der Waals surface area contributed by atoms with Crippen LogP contribution in [0.1, 0.15) is 71.6 Å². The molecule has 0 aromatic carbocycles. The van der Waals surface area contributed by atoms with Crippen molar-refractivity contribution in [3.8, 4) is 17.9 Å². The van der Waals surface area contributed by atoms with Crippen LogP contribution >= 0.6 is 0 Å². The highest BCUT2D eigenvalue weighted by Crippen LogP contribution is 2.05. The Kier molecular flexibility index (Phi) is 12.0. The number of unbranched alkanes of at least 4 members (excludes halogenated alkanes) is 4. The number of carbonyl (C=O) groups excluding carboxylic acids is 1. The minimum atomic E-state index is -0.412. The van der Waals surface area contributed by atoms with Crippen LogP contribution in [-0.2, 0) is 9.53 Å². The molecule has 0 aliphatic rings. The molecule has 0 heterocycles. The third kappa shape index (κ3) is 11.3. The van der Waals surface area contributed by atoms with Crippen LogP contribution in [0.2, 0.25) is 0 Å². The summed E-state index contributed by atoms with van der Waals surface area (Å²) in [4.78, 5) is 11.4. The number of esters is 1. The first-order valence-corrected chi connectivity index (χ1v) is 7.29. The third-order valence-corrected chi connectivity index (χ3v) is 2.66. The molecule has 19 heavy (non-hydrogen) atoms. The number of rotatable bonds is 9. The molecule has 106 valence electrons. The molecule has 1 atom stereocenters. The summed E-state index contributed by atoms with van der Waals surface area (Å²) in [5.41, 5.74) is 0. The first-order chi connectivity index (χ1) is 9.24. The maximum absolute atomic E-state index is 11.4. The predicted octanol–water partition coefficient (Wildman–Crippen LogP) is 3.98. The van der Waals surface area contributed by atoms with Crippen LogP contribution in [0.25, 0.3) is 0 Å². The molecule has 0 bridgehead atoms. The van der Waals surface area contributed by atoms with Gasteiger partial charge >= 0.3 is 5.97 Å². The largest absolute Gasteiger partial charge is 0.449 e. The Hall–Kier alpha value is -1.48. The van der Waals surface area contributed by atoms with E-state index in [0.29, 0.717) is 19.3 Å². The second-order valence-corrected chi connectivity index (χ2v) is 4.56. The molecule has 0 aliphatic carbocycles. The molecule has 0 saturated heterocycles. The van der Waals surface area contributed by atoms with Gasteiger partial charge in [0.2, 0.25) is 0 Å². The van der Waals surface area contributed by atoms with Crippen LogP contribution in [-0.4, -0.2) is 12.1 Å². The van der Waals surface area contributed by atoms with Crippen molar-refractivity contribution >= 4 is 5.97 Å². The average Bonchev–Trinajstić information content (AvgIpc) is 2.39. The summed E-state index contributed by atoms with van der Waals surface area (Å²) in [6, 6.07) is 2.06. The van der Waals surface area contributed by atoms with E-state index in [1.165, 1.54) is 19.3 Å². The van der Waals surface area contributed by atoms with Crippen molar-refractivity contribution in [2.75, 3.05) is 0 Å². The molecule has 0 amide bonds. The van der Waals surface area contributed by atoms with Gasteiger partial charge in [0, 0.05) is 25.7 Å². The lowest BCUT2D eigenvalue weighted by atomic mass is 10.1. The molecular weight excluding hydrogens is 238 g/mol. The Bertz CT molecular complexity index is 333. The lowest BCUT2D eigenvalue weighted by Gasteiger charge is -2.10. The maximum Gasteiger partial charge on any atom is 0.307 e. The van der Waals surface area contributed by atoms with E-state index in [0.717, 1.165) is 19.3 Å². The van der Waals surface area contributed by atoms with Crippen LogP contribution < -0.4 is 0 Å². The van der Waals surface area contributed by atoms with Crippen molar-refractivity contribution < 1.29 is 9.53 Å². The fourth-order valence-electron chi connectivity index (χ4n) is 1.60. The number of nitrogens with zero attached hydrogens (tertiary/aromatic N) is 1. The number of nitriles is 1. The highest BCUT2D eigenvalue weighted by molar-refractivity contribution is 5.69. The Morgan fingerprint density at radius 1 is 1.16 bits per heavy atom. The van der Waals surface area contributed by atoms with Crippen LogP contribution in [0.4, 0.5) is 0 Å². The molecule has 0 spiro atoms. The van der Waals surface area contributed by atoms with E-state index in [-0.39, 0.29) is 5.97 Å². The van der Waals surface area contributed by atoms with E-state index < -0.39 is 6.10 Å². The zero-order chi connectivity index (χ0) is 14.3. The molecule has 0 rings (SSSR count). The van der Waals surface area contributed by atoms with E-state index in [1.54, 1.807) is 0 Å². The van der Waals surface area contributed by atoms with Crippen LogP contribution in [0.5, 0.6) is 0 Å². The van der Waals surface area contributed by atoms with Gasteiger partial charge in [-0.1, -0.05) is 45.0 Å². The SMILES string of the molecule is CCCCCCC#CC(CCC#N)OC(=O)CCC. The number of carbonyl (C=O) groups is 1. The average molecular weight is 263 g/mol. The van der Waals surface area contributed by atoms with Crippen molar-refractivity contribution in [1.82, 2.24) is 0 Å². The summed E-state index contributed by atoms with van der Waals surface area (Å²) in [5, 5.41) is 8.58. The predicted molar refractivity (Wildman–Crippen MR) is 76.2 cm³/mol. The van der Waals surface area contributed by atoms with E-state index in [1.807, 2.05) is 6.92 Å². The third-order valence-electron chi connectivity index (χ3n) is 2.66. The molecule has 0 N–H and O–H groups in total. The molecule has 1 unspecified atom stereocenters. The van der Waals surface area contributed by atoms with E-state index >= 15 is 0 Å². The van der Waals surface area contributed by atoms with Crippen molar-refractivity contribution in [2.45, 2.75) is 77.7 Å². The Morgan fingerprint density at radius 3 is 2.58 bits per heavy atom. The zero-order valence-corrected chi connectivity index (χ0v) is 12.2. The molecule has 0 aromatic rings. The van der Waals surface area contributed by atoms with E-state index in [4.69, 9.17) is 10.00 Å². The van der Waals surface area contributed by atoms with E-state index in [2.05, 4.69) is 24.8 Å². The molecular formula is C16H25NO2. The van der Waals surface area contributed by atoms with Gasteiger partial charge in [-0.15, -0.1) is 0 Å². The molecule has 3 heteroatoms. The Labute approximate surface area is 117 Å². The van der Waals surface area contributed by atoms with Crippen molar-refractivity contribution in [1.29, 1.82) is 5.26 Å². The molecule has 0 aliphatic heterocycles. The molecule has 0 saturated carbocycles. The van der Waals surface area contributed by atoms with Crippen molar-refractivity contribution in [3.63, 3.8) is 0 Å². The van der Waals surface area contributed by atoms with Gasteiger partial charge in [-0.3, -0.25) is 4.79 Å². The lowest BCUT2D eigenvalue weighted by Crippen LogP contribution is -2.16. The highest BCUT2D eigenvalue weighted by atomic mass is 16.5. The van der Waals surface area contributed by atoms with Gasteiger partial charge in [0.05, 0.1) is 6.07 Å². The first kappa shape index (κ1) is 17.5. The summed E-state index contributed by atoms with van der Waals surface area (Å²) in [6.45, 7) is 4.11. The Morgan fingerprint density at radius 2 is 1.95 bits per heavy atom. The number of ether oxygens (including phenoxy) is 1. The van der Waals surface area contributed by atoms with E-state index in [9.17, 15) is 4.79 Å².